The van der Waals surface area contributed by atoms with Crippen molar-refractivity contribution < 1.29 is 22.8 Å². The number of fused-ring (bicyclic) bond motifs is 1. The maximum atomic E-state index is 13.3. The number of hydrogen-bond donors (Lipinski definition) is 2. The van der Waals surface area contributed by atoms with E-state index in [2.05, 4.69) is 31.4 Å². The number of halogens is 3. The Hall–Kier alpha value is -2.35. The zero-order chi connectivity index (χ0) is 22.3. The van der Waals surface area contributed by atoms with E-state index in [1.54, 1.807) is 0 Å². The molecule has 0 bridgehead atoms. The molecule has 1 aliphatic rings. The molecule has 0 aliphatic heterocycles. The van der Waals surface area contributed by atoms with Crippen molar-refractivity contribution in [2.75, 3.05) is 10.6 Å². The van der Waals surface area contributed by atoms with E-state index in [9.17, 15) is 22.8 Å². The minimum Gasteiger partial charge on any atom is -0.321 e. The quantitative estimate of drug-likeness (QED) is 0.606. The van der Waals surface area contributed by atoms with Crippen LogP contribution in [0, 0.1) is 11.3 Å². The molecule has 2 N–H and O–H groups in total. The second-order valence-electron chi connectivity index (χ2n) is 8.69. The maximum Gasteiger partial charge on any atom is 0.418 e. The third-order valence-electron chi connectivity index (χ3n) is 5.49. The fourth-order valence-corrected chi connectivity index (χ4v) is 5.21. The van der Waals surface area contributed by atoms with Crippen LogP contribution in [0.3, 0.4) is 0 Å². The highest BCUT2D eigenvalue weighted by Crippen LogP contribution is 2.44. The van der Waals surface area contributed by atoms with Crippen LogP contribution in [0.15, 0.2) is 24.3 Å². The Morgan fingerprint density at radius 1 is 1.10 bits per heavy atom. The van der Waals surface area contributed by atoms with Gasteiger partial charge in [-0.15, -0.1) is 11.3 Å². The van der Waals surface area contributed by atoms with Crippen LogP contribution in [0.4, 0.5) is 23.9 Å². The van der Waals surface area contributed by atoms with Gasteiger partial charge in [-0.1, -0.05) is 32.9 Å². The number of benzene rings is 1. The van der Waals surface area contributed by atoms with E-state index in [1.807, 2.05) is 0 Å². The summed E-state index contributed by atoms with van der Waals surface area (Å²) in [5.74, 6) is -0.538. The van der Waals surface area contributed by atoms with Crippen molar-refractivity contribution in [2.24, 2.45) is 11.3 Å². The summed E-state index contributed by atoms with van der Waals surface area (Å²) in [4.78, 5) is 25.8. The molecule has 4 nitrogen and oxygen atoms in total. The molecule has 0 fully saturated rings. The molecule has 8 heteroatoms. The van der Waals surface area contributed by atoms with Gasteiger partial charge in [0, 0.05) is 11.8 Å². The molecule has 3 rings (SSSR count). The summed E-state index contributed by atoms with van der Waals surface area (Å²) < 4.78 is 39.9. The largest absolute Gasteiger partial charge is 0.418 e. The number of amides is 2. The molecule has 2 aromatic rings. The molecule has 1 atom stereocenters. The van der Waals surface area contributed by atoms with E-state index in [0.29, 0.717) is 17.3 Å². The number of hydrogen-bond acceptors (Lipinski definition) is 3. The third kappa shape index (κ3) is 4.69. The van der Waals surface area contributed by atoms with Gasteiger partial charge in [-0.25, -0.2) is 0 Å². The standard InChI is InChI=1S/C22H25F3N2O2S/c1-12(28)26-20-18(14-10-9-13(21(2,3)4)11-17(14)30-20)19(29)27-16-8-6-5-7-15(16)22(23,24)25/h5-8,13H,9-11H2,1-4H3,(H,26,28)(H,27,29)/t13-/m1/s1. The van der Waals surface area contributed by atoms with Gasteiger partial charge in [-0.2, -0.15) is 13.2 Å². The average molecular weight is 439 g/mol. The van der Waals surface area contributed by atoms with Gasteiger partial charge in [0.2, 0.25) is 5.91 Å². The third-order valence-corrected chi connectivity index (χ3v) is 6.66. The SMILES string of the molecule is CC(=O)Nc1sc2c(c1C(=O)Nc1ccccc1C(F)(F)F)CC[C@@H](C(C)(C)C)C2. The highest BCUT2D eigenvalue weighted by Gasteiger charge is 2.36. The summed E-state index contributed by atoms with van der Waals surface area (Å²) in [6.45, 7) is 7.86. The van der Waals surface area contributed by atoms with Crippen LogP contribution < -0.4 is 10.6 Å². The van der Waals surface area contributed by atoms with E-state index < -0.39 is 17.6 Å². The van der Waals surface area contributed by atoms with Crippen LogP contribution in [0.25, 0.3) is 0 Å². The Balaban J connectivity index is 1.99. The molecule has 1 aromatic heterocycles. The fraction of sp³-hybridized carbons (Fsp3) is 0.455. The van der Waals surface area contributed by atoms with Crippen molar-refractivity contribution in [3.05, 3.63) is 45.8 Å². The lowest BCUT2D eigenvalue weighted by Crippen LogP contribution is -2.27. The average Bonchev–Trinajstić information content (AvgIpc) is 2.96. The molecule has 162 valence electrons. The summed E-state index contributed by atoms with van der Waals surface area (Å²) in [5.41, 5.74) is -0.00611. The van der Waals surface area contributed by atoms with Gasteiger partial charge < -0.3 is 10.6 Å². The van der Waals surface area contributed by atoms with Gasteiger partial charge in [0.05, 0.1) is 16.8 Å². The van der Waals surface area contributed by atoms with Crippen molar-refractivity contribution in [2.45, 2.75) is 53.1 Å². The van der Waals surface area contributed by atoms with E-state index in [4.69, 9.17) is 0 Å². The van der Waals surface area contributed by atoms with E-state index in [0.717, 1.165) is 29.3 Å². The van der Waals surface area contributed by atoms with Gasteiger partial charge in [-0.3, -0.25) is 9.59 Å². The van der Waals surface area contributed by atoms with Gasteiger partial charge in [-0.05, 0) is 48.3 Å². The summed E-state index contributed by atoms with van der Waals surface area (Å²) >= 11 is 1.34. The number of carbonyl (C=O) groups is 2. The predicted molar refractivity (Wildman–Crippen MR) is 113 cm³/mol. The Kier molecular flexibility index (Phi) is 6.00. The van der Waals surface area contributed by atoms with E-state index >= 15 is 0 Å². The molecule has 2 amide bonds. The summed E-state index contributed by atoms with van der Waals surface area (Å²) in [6, 6.07) is 4.88. The van der Waals surface area contributed by atoms with Crippen molar-refractivity contribution in [1.29, 1.82) is 0 Å². The zero-order valence-corrected chi connectivity index (χ0v) is 18.2. The highest BCUT2D eigenvalue weighted by molar-refractivity contribution is 7.17. The van der Waals surface area contributed by atoms with Crippen molar-refractivity contribution >= 4 is 33.8 Å². The molecule has 1 heterocycles. The first-order valence-electron chi connectivity index (χ1n) is 9.77. The lowest BCUT2D eigenvalue weighted by atomic mass is 9.72. The lowest BCUT2D eigenvalue weighted by Gasteiger charge is -2.33. The summed E-state index contributed by atoms with van der Waals surface area (Å²) in [6.07, 6.45) is -2.27. The van der Waals surface area contributed by atoms with Crippen LogP contribution in [0.2, 0.25) is 0 Å². The molecule has 1 aliphatic carbocycles. The summed E-state index contributed by atoms with van der Waals surface area (Å²) in [5, 5.41) is 5.51. The Morgan fingerprint density at radius 2 is 1.77 bits per heavy atom. The van der Waals surface area contributed by atoms with Crippen LogP contribution in [-0.4, -0.2) is 11.8 Å². The van der Waals surface area contributed by atoms with Gasteiger partial charge in [0.25, 0.3) is 5.91 Å². The second kappa shape index (κ2) is 8.06. The van der Waals surface area contributed by atoms with Crippen LogP contribution >= 0.6 is 11.3 Å². The van der Waals surface area contributed by atoms with Gasteiger partial charge >= 0.3 is 6.18 Å². The topological polar surface area (TPSA) is 58.2 Å². The number of anilines is 2. The monoisotopic (exact) mass is 438 g/mol. The van der Waals surface area contributed by atoms with Gasteiger partial charge in [0.1, 0.15) is 5.00 Å². The second-order valence-corrected chi connectivity index (χ2v) is 9.80. The van der Waals surface area contributed by atoms with E-state index in [1.165, 1.54) is 36.5 Å². The number of nitrogens with one attached hydrogen (secondary N) is 2. The van der Waals surface area contributed by atoms with Crippen molar-refractivity contribution in [3.63, 3.8) is 0 Å². The molecule has 0 saturated heterocycles. The number of alkyl halides is 3. The molecule has 1 aromatic carbocycles. The van der Waals surface area contributed by atoms with E-state index in [-0.39, 0.29) is 22.6 Å². The van der Waals surface area contributed by atoms with Crippen LogP contribution in [0.1, 0.15) is 60.5 Å². The number of thiophene rings is 1. The normalized spacial score (nSPS) is 16.7. The molecule has 0 unspecified atom stereocenters. The Morgan fingerprint density at radius 3 is 2.37 bits per heavy atom. The molecular weight excluding hydrogens is 413 g/mol. The summed E-state index contributed by atoms with van der Waals surface area (Å²) in [7, 11) is 0. The number of carbonyl (C=O) groups excluding carboxylic acids is 2. The van der Waals surface area contributed by atoms with Crippen LogP contribution in [0.5, 0.6) is 0 Å². The first-order valence-corrected chi connectivity index (χ1v) is 10.6. The minimum absolute atomic E-state index is 0.101. The zero-order valence-electron chi connectivity index (χ0n) is 17.4. The number of para-hydroxylation sites is 1. The van der Waals surface area contributed by atoms with Crippen LogP contribution in [-0.2, 0) is 23.8 Å². The van der Waals surface area contributed by atoms with Gasteiger partial charge in [0.15, 0.2) is 0 Å². The predicted octanol–water partition coefficient (Wildman–Crippen LogP) is 6.13. The molecular formula is C22H25F3N2O2S. The highest BCUT2D eigenvalue weighted by atomic mass is 32.1. The first kappa shape index (κ1) is 22.3. The minimum atomic E-state index is -4.58. The smallest absolute Gasteiger partial charge is 0.321 e. The fourth-order valence-electron chi connectivity index (χ4n) is 3.84. The first-order chi connectivity index (χ1) is 13.9. The Labute approximate surface area is 177 Å². The van der Waals surface area contributed by atoms with Crippen molar-refractivity contribution in [1.82, 2.24) is 0 Å². The lowest BCUT2D eigenvalue weighted by molar-refractivity contribution is -0.136. The maximum absolute atomic E-state index is 13.3. The Bertz CT molecular complexity index is 974. The molecule has 0 spiro atoms. The molecule has 30 heavy (non-hydrogen) atoms. The van der Waals surface area contributed by atoms with Crippen molar-refractivity contribution in [3.8, 4) is 0 Å². The molecule has 0 saturated carbocycles. The molecule has 0 radical (unpaired) electrons. The number of rotatable bonds is 3.